The second kappa shape index (κ2) is 8.13. The maximum atomic E-state index is 13.5. The summed E-state index contributed by atoms with van der Waals surface area (Å²) in [4.78, 5) is 25.0. The van der Waals surface area contributed by atoms with Crippen LogP contribution in [0.3, 0.4) is 0 Å². The maximum absolute atomic E-state index is 13.5. The zero-order chi connectivity index (χ0) is 22.5. The van der Waals surface area contributed by atoms with Gasteiger partial charge in [0.15, 0.2) is 5.78 Å². The molecule has 5 rings (SSSR count). The molecule has 4 aliphatic rings. The topological polar surface area (TPSA) is 52.6 Å². The Labute approximate surface area is 191 Å². The van der Waals surface area contributed by atoms with Gasteiger partial charge in [-0.05, 0) is 72.8 Å². The summed E-state index contributed by atoms with van der Waals surface area (Å²) in [7, 11) is 0. The summed E-state index contributed by atoms with van der Waals surface area (Å²) in [6, 6.07) is 10.4. The highest BCUT2D eigenvalue weighted by Crippen LogP contribution is 2.64. The van der Waals surface area contributed by atoms with Crippen molar-refractivity contribution in [3.05, 3.63) is 47.5 Å². The van der Waals surface area contributed by atoms with Gasteiger partial charge in [-0.25, -0.2) is 0 Å². The number of hydrogen-bond donors (Lipinski definition) is 0. The van der Waals surface area contributed by atoms with Crippen LogP contribution >= 0.6 is 0 Å². The molecule has 4 heteroatoms. The zero-order valence-corrected chi connectivity index (χ0v) is 19.6. The molecule has 0 bridgehead atoms. The minimum absolute atomic E-state index is 0.0551. The molecule has 0 amide bonds. The van der Waals surface area contributed by atoms with Gasteiger partial charge in [-0.2, -0.15) is 0 Å². The molecule has 0 N–H and O–H groups in total. The summed E-state index contributed by atoms with van der Waals surface area (Å²) in [6.45, 7) is 6.87. The molecule has 0 spiro atoms. The maximum Gasteiger partial charge on any atom is 0.302 e. The monoisotopic (exact) mass is 436 g/mol. The predicted molar refractivity (Wildman–Crippen MR) is 123 cm³/mol. The smallest absolute Gasteiger partial charge is 0.302 e. The number of benzene rings is 1. The third-order valence-corrected chi connectivity index (χ3v) is 9.44. The van der Waals surface area contributed by atoms with Crippen LogP contribution in [0.2, 0.25) is 0 Å². The van der Waals surface area contributed by atoms with E-state index in [9.17, 15) is 9.59 Å². The van der Waals surface area contributed by atoms with Crippen molar-refractivity contribution in [2.45, 2.75) is 84.5 Å². The molecule has 172 valence electrons. The van der Waals surface area contributed by atoms with Crippen LogP contribution in [0.1, 0.15) is 71.3 Å². The number of rotatable bonds is 4. The molecule has 0 aliphatic heterocycles. The lowest BCUT2D eigenvalue weighted by Gasteiger charge is -2.57. The fourth-order valence-corrected chi connectivity index (χ4v) is 7.70. The van der Waals surface area contributed by atoms with Crippen LogP contribution in [0.15, 0.2) is 42.0 Å². The molecule has 4 aliphatic carbocycles. The minimum atomic E-state index is -0.222. The van der Waals surface area contributed by atoms with E-state index in [0.717, 1.165) is 44.9 Å². The molecule has 0 unspecified atom stereocenters. The van der Waals surface area contributed by atoms with Crippen molar-refractivity contribution in [1.29, 1.82) is 0 Å². The number of allylic oxidation sites excluding steroid dienone is 1. The Kier molecular flexibility index (Phi) is 5.56. The third kappa shape index (κ3) is 3.55. The van der Waals surface area contributed by atoms with Gasteiger partial charge in [-0.1, -0.05) is 49.8 Å². The standard InChI is InChI=1S/C28H36O4/c1-18(29)32-21-11-13-27(2)20(15-21)16-24(30)26-22-9-10-25(28(22,3)14-12-23(26)27)31-17-19-7-5-4-6-8-19/h4-8,16,21-23,25-26H,9-15,17H2,1-3H3/t21-,22-,23-,25+,26-,27-,28-/m0/s1. The molecule has 3 fully saturated rings. The molecular weight excluding hydrogens is 400 g/mol. The fourth-order valence-electron chi connectivity index (χ4n) is 7.70. The first kappa shape index (κ1) is 21.9. The molecule has 4 nitrogen and oxygen atoms in total. The first-order valence-electron chi connectivity index (χ1n) is 12.4. The van der Waals surface area contributed by atoms with E-state index in [1.165, 1.54) is 18.1 Å². The molecule has 0 heterocycles. The van der Waals surface area contributed by atoms with Gasteiger partial charge in [-0.3, -0.25) is 9.59 Å². The average Bonchev–Trinajstić information content (AvgIpc) is 3.10. The van der Waals surface area contributed by atoms with Gasteiger partial charge in [0.05, 0.1) is 12.7 Å². The lowest BCUT2D eigenvalue weighted by atomic mass is 9.47. The number of fused-ring (bicyclic) bond motifs is 5. The highest BCUT2D eigenvalue weighted by molar-refractivity contribution is 5.94. The van der Waals surface area contributed by atoms with Gasteiger partial charge in [0.2, 0.25) is 0 Å². The Balaban J connectivity index is 1.35. The molecule has 3 saturated carbocycles. The minimum Gasteiger partial charge on any atom is -0.462 e. The summed E-state index contributed by atoms with van der Waals surface area (Å²) < 4.78 is 12.0. The molecule has 1 aromatic carbocycles. The number of carbonyl (C=O) groups excluding carboxylic acids is 2. The molecule has 0 radical (unpaired) electrons. The van der Waals surface area contributed by atoms with Crippen molar-refractivity contribution in [2.24, 2.45) is 28.6 Å². The predicted octanol–water partition coefficient (Wildman–Crippen LogP) is 5.65. The van der Waals surface area contributed by atoms with Gasteiger partial charge in [0.1, 0.15) is 6.10 Å². The zero-order valence-electron chi connectivity index (χ0n) is 19.6. The number of carbonyl (C=O) groups is 2. The second-order valence-electron chi connectivity index (χ2n) is 11.1. The molecule has 32 heavy (non-hydrogen) atoms. The van der Waals surface area contributed by atoms with Crippen molar-refractivity contribution in [2.75, 3.05) is 0 Å². The summed E-state index contributed by atoms with van der Waals surface area (Å²) in [5.41, 5.74) is 2.56. The SMILES string of the molecule is CC(=O)O[C@H]1CC[C@@]2(C)C(=CC(=O)[C@H]3[C@@H]4CC[C@@H](OCc5ccccc5)[C@@]4(C)CC[C@@H]32)C1. The Bertz CT molecular complexity index is 921. The van der Waals surface area contributed by atoms with Gasteiger partial charge in [0, 0.05) is 19.3 Å². The van der Waals surface area contributed by atoms with E-state index in [1.54, 1.807) is 0 Å². The molecule has 1 aromatic rings. The normalized spacial score (nSPS) is 40.7. The molecule has 0 saturated heterocycles. The number of ketones is 1. The van der Waals surface area contributed by atoms with E-state index in [-0.39, 0.29) is 34.9 Å². The van der Waals surface area contributed by atoms with Crippen LogP contribution in [-0.4, -0.2) is 24.0 Å². The quantitative estimate of drug-likeness (QED) is 0.573. The van der Waals surface area contributed by atoms with Gasteiger partial charge in [-0.15, -0.1) is 0 Å². The first-order chi connectivity index (χ1) is 15.3. The highest BCUT2D eigenvalue weighted by Gasteiger charge is 2.61. The van der Waals surface area contributed by atoms with Crippen molar-refractivity contribution in [1.82, 2.24) is 0 Å². The average molecular weight is 437 g/mol. The van der Waals surface area contributed by atoms with E-state index in [4.69, 9.17) is 9.47 Å². The van der Waals surface area contributed by atoms with Crippen LogP contribution in [0.4, 0.5) is 0 Å². The Morgan fingerprint density at radius 3 is 2.56 bits per heavy atom. The third-order valence-electron chi connectivity index (χ3n) is 9.44. The van der Waals surface area contributed by atoms with E-state index in [1.807, 2.05) is 12.1 Å². The summed E-state index contributed by atoms with van der Waals surface area (Å²) >= 11 is 0. The Hall–Kier alpha value is -1.94. The highest BCUT2D eigenvalue weighted by atomic mass is 16.5. The first-order valence-corrected chi connectivity index (χ1v) is 12.4. The number of ether oxygens (including phenoxy) is 2. The Morgan fingerprint density at radius 1 is 1.03 bits per heavy atom. The van der Waals surface area contributed by atoms with Crippen molar-refractivity contribution >= 4 is 11.8 Å². The fraction of sp³-hybridized carbons (Fsp3) is 0.643. The van der Waals surface area contributed by atoms with E-state index in [2.05, 4.69) is 38.1 Å². The Morgan fingerprint density at radius 2 is 1.81 bits per heavy atom. The number of esters is 1. The van der Waals surface area contributed by atoms with E-state index >= 15 is 0 Å². The van der Waals surface area contributed by atoms with Crippen LogP contribution < -0.4 is 0 Å². The van der Waals surface area contributed by atoms with E-state index < -0.39 is 0 Å². The van der Waals surface area contributed by atoms with Gasteiger partial charge in [0.25, 0.3) is 0 Å². The summed E-state index contributed by atoms with van der Waals surface area (Å²) in [6.07, 6.45) is 9.05. The van der Waals surface area contributed by atoms with Crippen LogP contribution in [0.5, 0.6) is 0 Å². The van der Waals surface area contributed by atoms with E-state index in [0.29, 0.717) is 24.2 Å². The van der Waals surface area contributed by atoms with Crippen molar-refractivity contribution < 1.29 is 19.1 Å². The van der Waals surface area contributed by atoms with Crippen LogP contribution in [0, 0.1) is 28.6 Å². The lowest BCUT2D eigenvalue weighted by molar-refractivity contribution is -0.150. The second-order valence-corrected chi connectivity index (χ2v) is 11.1. The van der Waals surface area contributed by atoms with Crippen molar-refractivity contribution in [3.63, 3.8) is 0 Å². The van der Waals surface area contributed by atoms with Crippen LogP contribution in [0.25, 0.3) is 0 Å². The summed E-state index contributed by atoms with van der Waals surface area (Å²) in [5.74, 6) is 0.999. The van der Waals surface area contributed by atoms with Gasteiger partial charge < -0.3 is 9.47 Å². The molecular formula is C28H36O4. The van der Waals surface area contributed by atoms with Gasteiger partial charge >= 0.3 is 5.97 Å². The van der Waals surface area contributed by atoms with Crippen molar-refractivity contribution in [3.8, 4) is 0 Å². The number of hydrogen-bond acceptors (Lipinski definition) is 4. The largest absolute Gasteiger partial charge is 0.462 e. The lowest BCUT2D eigenvalue weighted by Crippen LogP contribution is -2.54. The molecule has 7 atom stereocenters. The van der Waals surface area contributed by atoms with Crippen LogP contribution in [-0.2, 0) is 25.7 Å². The summed E-state index contributed by atoms with van der Waals surface area (Å²) in [5, 5.41) is 0. The molecule has 0 aromatic heterocycles.